The second kappa shape index (κ2) is 11.4. The van der Waals surface area contributed by atoms with E-state index in [1.54, 1.807) is 42.5 Å². The van der Waals surface area contributed by atoms with Crippen molar-refractivity contribution in [2.75, 3.05) is 18.9 Å². The number of rotatable bonds is 11. The van der Waals surface area contributed by atoms with Gasteiger partial charge in [-0.25, -0.2) is 14.1 Å². The molecule has 0 radical (unpaired) electrons. The molecule has 4 rings (SSSR count). The molecule has 1 fully saturated rings. The van der Waals surface area contributed by atoms with Crippen LogP contribution in [0.1, 0.15) is 39.0 Å². The number of carbonyl (C=O) groups is 1. The Bertz CT molecular complexity index is 1310. The van der Waals surface area contributed by atoms with Crippen LogP contribution < -0.4 is 15.3 Å². The largest absolute Gasteiger partial charge is 0.465 e. The number of benzene rings is 1. The van der Waals surface area contributed by atoms with Gasteiger partial charge < -0.3 is 29.9 Å². The number of anilines is 1. The number of aromatic nitrogens is 3. The van der Waals surface area contributed by atoms with Gasteiger partial charge in [0, 0.05) is 0 Å². The van der Waals surface area contributed by atoms with Crippen LogP contribution in [-0.4, -0.2) is 67.8 Å². The number of carbonyl (C=O) groups excluding carboxylic acids is 1. The summed E-state index contributed by atoms with van der Waals surface area (Å²) in [5, 5.41) is 28.5. The number of aliphatic hydroxyl groups excluding tert-OH is 2. The first-order valence-electron chi connectivity index (χ1n) is 12.1. The molecule has 1 saturated heterocycles. The molecule has 0 spiro atoms. The van der Waals surface area contributed by atoms with E-state index >= 15 is 0 Å². The molecule has 1 aliphatic rings. The van der Waals surface area contributed by atoms with E-state index in [0.29, 0.717) is 17.6 Å². The van der Waals surface area contributed by atoms with Gasteiger partial charge in [0.1, 0.15) is 47.5 Å². The van der Waals surface area contributed by atoms with E-state index in [2.05, 4.69) is 15.2 Å². The average molecular weight is 550 g/mol. The Morgan fingerprint density at radius 2 is 2.03 bits per heavy atom. The quantitative estimate of drug-likeness (QED) is 0.202. The number of nitrogens with one attached hydrogen (secondary N) is 1. The smallest absolute Gasteiger partial charge is 0.459 e. The summed E-state index contributed by atoms with van der Waals surface area (Å²) in [6.07, 6.45) is -1.93. The number of nitrogens with two attached hydrogens (primary N) is 1. The zero-order valence-electron chi connectivity index (χ0n) is 21.3. The van der Waals surface area contributed by atoms with Crippen molar-refractivity contribution in [3.8, 4) is 5.75 Å². The van der Waals surface area contributed by atoms with Crippen molar-refractivity contribution in [2.45, 2.75) is 57.1 Å². The first-order valence-corrected chi connectivity index (χ1v) is 13.7. The summed E-state index contributed by atoms with van der Waals surface area (Å²) >= 11 is 0. The van der Waals surface area contributed by atoms with Crippen molar-refractivity contribution in [3.05, 3.63) is 54.5 Å². The van der Waals surface area contributed by atoms with Crippen LogP contribution >= 0.6 is 7.75 Å². The fourth-order valence-electron chi connectivity index (χ4n) is 4.04. The van der Waals surface area contributed by atoms with Crippen molar-refractivity contribution < 1.29 is 38.1 Å². The first kappa shape index (κ1) is 28.0. The maximum absolute atomic E-state index is 13.8. The van der Waals surface area contributed by atoms with E-state index in [1.165, 1.54) is 24.7 Å². The summed E-state index contributed by atoms with van der Waals surface area (Å²) in [4.78, 5) is 16.3. The highest BCUT2D eigenvalue weighted by molar-refractivity contribution is 7.52. The molecule has 1 aromatic carbocycles. The third kappa shape index (κ3) is 5.83. The molecule has 0 aliphatic carbocycles. The van der Waals surface area contributed by atoms with Crippen LogP contribution in [0.25, 0.3) is 5.52 Å². The lowest BCUT2D eigenvalue weighted by molar-refractivity contribution is -0.145. The van der Waals surface area contributed by atoms with Crippen molar-refractivity contribution in [1.82, 2.24) is 19.7 Å². The molecule has 5 N–H and O–H groups in total. The number of ether oxygens (including phenoxy) is 2. The highest BCUT2D eigenvalue weighted by atomic mass is 31.2. The number of esters is 1. The summed E-state index contributed by atoms with van der Waals surface area (Å²) in [6.45, 7) is 4.57. The molecule has 0 amide bonds. The van der Waals surface area contributed by atoms with Crippen LogP contribution in [0.3, 0.4) is 0 Å². The van der Waals surface area contributed by atoms with Gasteiger partial charge in [0.2, 0.25) is 0 Å². The molecule has 6 atom stereocenters. The molecule has 0 unspecified atom stereocenters. The van der Waals surface area contributed by atoms with Gasteiger partial charge in [-0.05, 0) is 44.5 Å². The van der Waals surface area contributed by atoms with Crippen LogP contribution in [-0.2, 0) is 23.4 Å². The van der Waals surface area contributed by atoms with Crippen LogP contribution in [0.5, 0.6) is 5.75 Å². The topological polar surface area (TPSA) is 180 Å². The first-order chi connectivity index (χ1) is 18.1. The van der Waals surface area contributed by atoms with E-state index in [-0.39, 0.29) is 18.2 Å². The Morgan fingerprint density at radius 3 is 2.74 bits per heavy atom. The van der Waals surface area contributed by atoms with E-state index in [9.17, 15) is 19.6 Å². The maximum Gasteiger partial charge on any atom is 0.459 e. The van der Waals surface area contributed by atoms with Crippen molar-refractivity contribution >= 4 is 25.1 Å². The monoisotopic (exact) mass is 549 g/mol. The fraction of sp³-hybridized carbons (Fsp3) is 0.458. The lowest BCUT2D eigenvalue weighted by Gasteiger charge is -2.30. The summed E-state index contributed by atoms with van der Waals surface area (Å²) in [7, 11) is -4.22. The van der Waals surface area contributed by atoms with Crippen molar-refractivity contribution in [2.24, 2.45) is 0 Å². The van der Waals surface area contributed by atoms with E-state index in [1.807, 2.05) is 6.92 Å². The minimum Gasteiger partial charge on any atom is -0.465 e. The third-order valence-electron chi connectivity index (χ3n) is 6.10. The molecule has 1 aliphatic heterocycles. The normalized spacial score (nSPS) is 25.7. The van der Waals surface area contributed by atoms with Gasteiger partial charge in [0.05, 0.1) is 18.9 Å². The van der Waals surface area contributed by atoms with Crippen molar-refractivity contribution in [3.63, 3.8) is 0 Å². The van der Waals surface area contributed by atoms with Crippen LogP contribution in [0, 0.1) is 0 Å². The fourth-order valence-corrected chi connectivity index (χ4v) is 5.63. The minimum atomic E-state index is -4.22. The lowest BCUT2D eigenvalue weighted by Crippen LogP contribution is -2.45. The zero-order chi connectivity index (χ0) is 27.5. The Morgan fingerprint density at radius 1 is 1.29 bits per heavy atom. The average Bonchev–Trinajstić information content (AvgIpc) is 3.42. The lowest BCUT2D eigenvalue weighted by atomic mass is 9.97. The Kier molecular flexibility index (Phi) is 8.36. The van der Waals surface area contributed by atoms with Gasteiger partial charge in [0.25, 0.3) is 0 Å². The Hall–Kier alpha value is -3.06. The van der Waals surface area contributed by atoms with Gasteiger partial charge in [0.15, 0.2) is 5.82 Å². The number of fused-ring (bicyclic) bond motifs is 1. The standard InChI is InChI=1S/C24H32N5O8P/c1-4-12-34-23(32)15(2)28-38(33,37-16-8-6-5-7-9-16)35-13-24(3)21(31)19(30)20(36-24)17-10-11-18-22(25)26-14-27-29(17)18/h5-11,14-15,19-21,30-31H,4,12-13H2,1-3H3,(H,28,33)(H2,25,26,27)/t15-,19-,20-,21-,24+,38-/m0/s1. The number of nitrogens with zero attached hydrogens (tertiary/aromatic N) is 3. The van der Waals surface area contributed by atoms with Gasteiger partial charge in [-0.15, -0.1) is 0 Å². The molecule has 13 nitrogen and oxygen atoms in total. The second-order valence-corrected chi connectivity index (χ2v) is 10.9. The SMILES string of the molecule is CCCOC(=O)[C@H](C)N[P@](=O)(OC[C@@]1(C)O[C@@H](c2ccc3c(N)ncnn23)[C@H](O)[C@@H]1O)Oc1ccccc1. The summed E-state index contributed by atoms with van der Waals surface area (Å²) < 4.78 is 37.8. The predicted molar refractivity (Wildman–Crippen MR) is 136 cm³/mol. The molecular weight excluding hydrogens is 517 g/mol. The molecule has 3 heterocycles. The van der Waals surface area contributed by atoms with Gasteiger partial charge in [-0.1, -0.05) is 25.1 Å². The van der Waals surface area contributed by atoms with Crippen LogP contribution in [0.15, 0.2) is 48.8 Å². The molecule has 0 saturated carbocycles. The number of nitrogen functional groups attached to an aromatic ring is 1. The molecule has 0 bridgehead atoms. The number of para-hydroxylation sites is 1. The maximum atomic E-state index is 13.8. The van der Waals surface area contributed by atoms with E-state index in [4.69, 9.17) is 24.3 Å². The summed E-state index contributed by atoms with van der Waals surface area (Å²) in [6, 6.07) is 10.6. The summed E-state index contributed by atoms with van der Waals surface area (Å²) in [5.41, 5.74) is 5.32. The van der Waals surface area contributed by atoms with E-state index < -0.39 is 50.3 Å². The molecular formula is C24H32N5O8P. The minimum absolute atomic E-state index is 0.206. The van der Waals surface area contributed by atoms with Gasteiger partial charge in [-0.2, -0.15) is 10.2 Å². The molecule has 14 heteroatoms. The highest BCUT2D eigenvalue weighted by Gasteiger charge is 2.53. The highest BCUT2D eigenvalue weighted by Crippen LogP contribution is 2.48. The van der Waals surface area contributed by atoms with Gasteiger partial charge >= 0.3 is 13.7 Å². The molecule has 38 heavy (non-hydrogen) atoms. The third-order valence-corrected chi connectivity index (χ3v) is 7.73. The Balaban J connectivity index is 1.54. The second-order valence-electron chi connectivity index (χ2n) is 9.18. The van der Waals surface area contributed by atoms with E-state index in [0.717, 1.165) is 0 Å². The Labute approximate surface area is 219 Å². The number of hydrogen-bond acceptors (Lipinski definition) is 11. The molecule has 206 valence electrons. The summed E-state index contributed by atoms with van der Waals surface area (Å²) in [5.74, 6) is -0.167. The van der Waals surface area contributed by atoms with Crippen LogP contribution in [0.4, 0.5) is 5.82 Å². The molecule has 2 aromatic heterocycles. The van der Waals surface area contributed by atoms with Gasteiger partial charge in [-0.3, -0.25) is 9.32 Å². The number of aliphatic hydroxyl groups is 2. The van der Waals surface area contributed by atoms with Crippen molar-refractivity contribution in [1.29, 1.82) is 0 Å². The molecule has 3 aromatic rings. The number of hydrogen-bond donors (Lipinski definition) is 4. The zero-order valence-corrected chi connectivity index (χ0v) is 22.2. The van der Waals surface area contributed by atoms with Crippen LogP contribution in [0.2, 0.25) is 0 Å². The predicted octanol–water partition coefficient (Wildman–Crippen LogP) is 2.00.